The van der Waals surface area contributed by atoms with Crippen molar-refractivity contribution < 1.29 is 8.78 Å². The van der Waals surface area contributed by atoms with Gasteiger partial charge in [0.25, 0.3) is 0 Å². The van der Waals surface area contributed by atoms with Crippen LogP contribution >= 0.6 is 11.3 Å². The lowest BCUT2D eigenvalue weighted by Gasteiger charge is -2.32. The molecule has 0 bridgehead atoms. The molecule has 2 heterocycles. The van der Waals surface area contributed by atoms with E-state index in [1.54, 1.807) is 17.4 Å². The first-order valence-corrected chi connectivity index (χ1v) is 8.63. The highest BCUT2D eigenvalue weighted by Crippen LogP contribution is 2.23. The maximum absolute atomic E-state index is 13.2. The molecule has 1 atom stereocenters. The number of thiazole rings is 1. The van der Waals surface area contributed by atoms with E-state index in [0.717, 1.165) is 38.0 Å². The Bertz CT molecular complexity index is 601. The quantitative estimate of drug-likeness (QED) is 0.817. The van der Waals surface area contributed by atoms with Crippen LogP contribution in [0.1, 0.15) is 29.8 Å². The number of hydrogen-bond donors (Lipinski definition) is 0. The molecule has 0 N–H and O–H groups in total. The number of piperidine rings is 1. The Morgan fingerprint density at radius 3 is 2.95 bits per heavy atom. The molecule has 1 saturated heterocycles. The Hall–Kier alpha value is -1.33. The van der Waals surface area contributed by atoms with Gasteiger partial charge in [-0.2, -0.15) is 0 Å². The van der Waals surface area contributed by atoms with Gasteiger partial charge in [0, 0.05) is 18.1 Å². The van der Waals surface area contributed by atoms with E-state index >= 15 is 0 Å². The number of halogens is 2. The molecule has 5 heteroatoms. The van der Waals surface area contributed by atoms with Crippen LogP contribution in [0.5, 0.6) is 0 Å². The zero-order chi connectivity index (χ0) is 15.4. The number of hydrogen-bond acceptors (Lipinski definition) is 3. The molecule has 1 fully saturated rings. The van der Waals surface area contributed by atoms with Gasteiger partial charge in [-0.15, -0.1) is 11.3 Å². The lowest BCUT2D eigenvalue weighted by atomic mass is 9.91. The van der Waals surface area contributed by atoms with Crippen molar-refractivity contribution in [2.45, 2.75) is 32.2 Å². The topological polar surface area (TPSA) is 16.1 Å². The first kappa shape index (κ1) is 15.6. The predicted octanol–water partition coefficient (Wildman–Crippen LogP) is 4.27. The van der Waals surface area contributed by atoms with Crippen LogP contribution in [0.25, 0.3) is 0 Å². The van der Waals surface area contributed by atoms with Gasteiger partial charge >= 0.3 is 0 Å². The van der Waals surface area contributed by atoms with Crippen LogP contribution < -0.4 is 0 Å². The van der Waals surface area contributed by atoms with Crippen LogP contribution in [0, 0.1) is 17.6 Å². The maximum Gasteiger partial charge on any atom is 0.159 e. The number of aromatic nitrogens is 1. The molecule has 1 aliphatic heterocycles. The summed E-state index contributed by atoms with van der Waals surface area (Å²) in [5.41, 5.74) is 0.885. The fraction of sp³-hybridized carbons (Fsp3) is 0.471. The minimum atomic E-state index is -0.768. The van der Waals surface area contributed by atoms with Gasteiger partial charge in [-0.3, -0.25) is 4.90 Å². The van der Waals surface area contributed by atoms with E-state index in [1.807, 2.05) is 11.6 Å². The summed E-state index contributed by atoms with van der Waals surface area (Å²) in [7, 11) is 0. The van der Waals surface area contributed by atoms with E-state index in [9.17, 15) is 8.78 Å². The Kier molecular flexibility index (Phi) is 5.16. The molecule has 1 unspecified atom stereocenters. The van der Waals surface area contributed by atoms with Crippen molar-refractivity contribution in [3.05, 3.63) is 52.0 Å². The molecule has 0 amide bonds. The molecule has 0 spiro atoms. The summed E-state index contributed by atoms with van der Waals surface area (Å²) in [5, 5.41) is 3.18. The summed E-state index contributed by atoms with van der Waals surface area (Å²) in [6.45, 7) is 3.13. The molecule has 1 aliphatic rings. The van der Waals surface area contributed by atoms with Gasteiger partial charge in [0.05, 0.1) is 6.54 Å². The summed E-state index contributed by atoms with van der Waals surface area (Å²) in [5.74, 6) is -0.885. The van der Waals surface area contributed by atoms with E-state index in [0.29, 0.717) is 5.92 Å². The second-order valence-electron chi connectivity index (χ2n) is 5.96. The largest absolute Gasteiger partial charge is 0.296 e. The lowest BCUT2D eigenvalue weighted by Crippen LogP contribution is -2.35. The average Bonchev–Trinajstić information content (AvgIpc) is 3.02. The van der Waals surface area contributed by atoms with Crippen LogP contribution in [-0.4, -0.2) is 23.0 Å². The zero-order valence-corrected chi connectivity index (χ0v) is 13.3. The van der Waals surface area contributed by atoms with Gasteiger partial charge in [-0.25, -0.2) is 13.8 Å². The Balaban J connectivity index is 1.50. The van der Waals surface area contributed by atoms with Gasteiger partial charge in [-0.1, -0.05) is 6.07 Å². The molecule has 22 heavy (non-hydrogen) atoms. The molecule has 1 aromatic heterocycles. The fourth-order valence-electron chi connectivity index (χ4n) is 3.12. The third kappa shape index (κ3) is 4.11. The second kappa shape index (κ2) is 7.29. The van der Waals surface area contributed by atoms with Crippen molar-refractivity contribution >= 4 is 11.3 Å². The highest BCUT2D eigenvalue weighted by molar-refractivity contribution is 7.09. The monoisotopic (exact) mass is 322 g/mol. The predicted molar refractivity (Wildman–Crippen MR) is 84.8 cm³/mol. The number of nitrogens with zero attached hydrogens (tertiary/aromatic N) is 2. The van der Waals surface area contributed by atoms with E-state index in [4.69, 9.17) is 0 Å². The second-order valence-corrected chi connectivity index (χ2v) is 6.94. The molecular formula is C17H20F2N2S. The van der Waals surface area contributed by atoms with Crippen LogP contribution in [0.3, 0.4) is 0 Å². The molecule has 3 rings (SSSR count). The number of rotatable bonds is 5. The van der Waals surface area contributed by atoms with Crippen molar-refractivity contribution in [1.29, 1.82) is 0 Å². The minimum absolute atomic E-state index is 0.627. The lowest BCUT2D eigenvalue weighted by molar-refractivity contribution is 0.161. The van der Waals surface area contributed by atoms with Gasteiger partial charge < -0.3 is 0 Å². The summed E-state index contributed by atoms with van der Waals surface area (Å²) in [6.07, 6.45) is 6.11. The Labute approximate surface area is 133 Å². The normalized spacial score (nSPS) is 19.5. The molecule has 2 nitrogen and oxygen atoms in total. The Morgan fingerprint density at radius 2 is 2.18 bits per heavy atom. The number of likely N-dealkylation sites (tertiary alicyclic amines) is 1. The summed E-state index contributed by atoms with van der Waals surface area (Å²) in [4.78, 5) is 6.80. The zero-order valence-electron chi connectivity index (χ0n) is 12.5. The summed E-state index contributed by atoms with van der Waals surface area (Å²) < 4.78 is 26.2. The van der Waals surface area contributed by atoms with Crippen molar-refractivity contribution in [3.63, 3.8) is 0 Å². The highest BCUT2D eigenvalue weighted by atomic mass is 32.1. The van der Waals surface area contributed by atoms with E-state index in [1.165, 1.54) is 30.0 Å². The Morgan fingerprint density at radius 1 is 1.27 bits per heavy atom. The standard InChI is InChI=1S/C17H20F2N2S/c18-15-6-5-13(10-16(15)19)3-4-14-2-1-8-21(11-14)12-17-20-7-9-22-17/h5-7,9-10,14H,1-4,8,11-12H2. The van der Waals surface area contributed by atoms with E-state index in [2.05, 4.69) is 9.88 Å². The van der Waals surface area contributed by atoms with Crippen LogP contribution in [0.4, 0.5) is 8.78 Å². The van der Waals surface area contributed by atoms with Gasteiger partial charge in [0.2, 0.25) is 0 Å². The molecule has 1 aromatic carbocycles. The maximum atomic E-state index is 13.2. The van der Waals surface area contributed by atoms with Crippen molar-refractivity contribution in [2.75, 3.05) is 13.1 Å². The SMILES string of the molecule is Fc1ccc(CCC2CCCN(Cc3nccs3)C2)cc1F. The first-order chi connectivity index (χ1) is 10.7. The van der Waals surface area contributed by atoms with Gasteiger partial charge in [0.1, 0.15) is 5.01 Å². The molecular weight excluding hydrogens is 302 g/mol. The van der Waals surface area contributed by atoms with Crippen molar-refractivity contribution in [1.82, 2.24) is 9.88 Å². The summed E-state index contributed by atoms with van der Waals surface area (Å²) in [6, 6.07) is 4.24. The molecule has 0 saturated carbocycles. The van der Waals surface area contributed by atoms with E-state index in [-0.39, 0.29) is 0 Å². The van der Waals surface area contributed by atoms with Crippen molar-refractivity contribution in [3.8, 4) is 0 Å². The van der Waals surface area contributed by atoms with Crippen molar-refractivity contribution in [2.24, 2.45) is 5.92 Å². The van der Waals surface area contributed by atoms with Crippen LogP contribution in [-0.2, 0) is 13.0 Å². The molecule has 2 aromatic rings. The third-order valence-corrected chi connectivity index (χ3v) is 5.04. The molecule has 0 aliphatic carbocycles. The average molecular weight is 322 g/mol. The smallest absolute Gasteiger partial charge is 0.159 e. The van der Waals surface area contributed by atoms with Crippen LogP contribution in [0.2, 0.25) is 0 Å². The van der Waals surface area contributed by atoms with E-state index < -0.39 is 11.6 Å². The summed E-state index contributed by atoms with van der Waals surface area (Å²) >= 11 is 1.70. The first-order valence-electron chi connectivity index (χ1n) is 7.75. The highest BCUT2D eigenvalue weighted by Gasteiger charge is 2.20. The number of benzene rings is 1. The van der Waals surface area contributed by atoms with Gasteiger partial charge in [0.15, 0.2) is 11.6 Å². The molecule has 118 valence electrons. The number of aryl methyl sites for hydroxylation is 1. The van der Waals surface area contributed by atoms with Gasteiger partial charge in [-0.05, 0) is 55.8 Å². The minimum Gasteiger partial charge on any atom is -0.296 e. The third-order valence-electron chi connectivity index (χ3n) is 4.27. The van der Waals surface area contributed by atoms with Crippen LogP contribution in [0.15, 0.2) is 29.8 Å². The molecule has 0 radical (unpaired) electrons. The fourth-order valence-corrected chi connectivity index (χ4v) is 3.78.